The monoisotopic (exact) mass is 285 g/mol. The van der Waals surface area contributed by atoms with Crippen molar-refractivity contribution >= 4 is 18.2 Å². The summed E-state index contributed by atoms with van der Waals surface area (Å²) in [4.78, 5) is 13.8. The van der Waals surface area contributed by atoms with Crippen LogP contribution in [0.4, 0.5) is 5.95 Å². The van der Waals surface area contributed by atoms with Crippen molar-refractivity contribution in [1.29, 1.82) is 0 Å². The average molecular weight is 285 g/mol. The highest BCUT2D eigenvalue weighted by atomic mass is 16.5. The SMILES string of the molecule is COc1ccccc1/C=C/C=N/Nc1nnc(C)c(=O)[nH]1. The number of hydrogen-bond donors (Lipinski definition) is 2. The van der Waals surface area contributed by atoms with Crippen molar-refractivity contribution in [3.63, 3.8) is 0 Å². The molecule has 21 heavy (non-hydrogen) atoms. The molecule has 0 fully saturated rings. The van der Waals surface area contributed by atoms with E-state index in [4.69, 9.17) is 4.74 Å². The Labute approximate surface area is 121 Å². The maximum absolute atomic E-state index is 11.3. The van der Waals surface area contributed by atoms with Crippen LogP contribution in [0.5, 0.6) is 5.75 Å². The van der Waals surface area contributed by atoms with Crippen LogP contribution in [0, 0.1) is 6.92 Å². The molecule has 1 aromatic heterocycles. The first-order valence-electron chi connectivity index (χ1n) is 6.23. The van der Waals surface area contributed by atoms with Gasteiger partial charge in [0, 0.05) is 11.8 Å². The smallest absolute Gasteiger partial charge is 0.274 e. The minimum atomic E-state index is -0.299. The van der Waals surface area contributed by atoms with Crippen molar-refractivity contribution in [2.75, 3.05) is 12.5 Å². The van der Waals surface area contributed by atoms with Crippen molar-refractivity contribution < 1.29 is 4.74 Å². The summed E-state index contributed by atoms with van der Waals surface area (Å²) < 4.78 is 5.23. The van der Waals surface area contributed by atoms with Gasteiger partial charge < -0.3 is 4.74 Å². The number of H-pyrrole nitrogens is 1. The molecule has 0 saturated heterocycles. The molecular formula is C14H15N5O2. The van der Waals surface area contributed by atoms with E-state index in [1.807, 2.05) is 30.3 Å². The van der Waals surface area contributed by atoms with Crippen LogP contribution in [0.1, 0.15) is 11.3 Å². The lowest BCUT2D eigenvalue weighted by molar-refractivity contribution is 0.414. The van der Waals surface area contributed by atoms with E-state index in [-0.39, 0.29) is 11.5 Å². The van der Waals surface area contributed by atoms with Gasteiger partial charge in [-0.05, 0) is 25.1 Å². The Morgan fingerprint density at radius 1 is 1.33 bits per heavy atom. The van der Waals surface area contributed by atoms with Crippen LogP contribution in [-0.4, -0.2) is 28.5 Å². The van der Waals surface area contributed by atoms with Crippen molar-refractivity contribution in [3.05, 3.63) is 52.0 Å². The molecule has 0 aliphatic heterocycles. The molecule has 0 amide bonds. The maximum Gasteiger partial charge on any atom is 0.274 e. The fraction of sp³-hybridized carbons (Fsp3) is 0.143. The van der Waals surface area contributed by atoms with Gasteiger partial charge in [-0.25, -0.2) is 5.43 Å². The standard InChI is InChI=1S/C14H15N5O2/c1-10-13(20)16-14(19-17-10)18-15-9-5-7-11-6-3-4-8-12(11)21-2/h3-9H,1-2H3,(H2,16,18,19,20)/b7-5+,15-9+. The molecule has 2 N–H and O–H groups in total. The maximum atomic E-state index is 11.3. The Morgan fingerprint density at radius 3 is 2.90 bits per heavy atom. The van der Waals surface area contributed by atoms with Gasteiger partial charge in [0.15, 0.2) is 0 Å². The molecule has 0 unspecified atom stereocenters. The summed E-state index contributed by atoms with van der Waals surface area (Å²) in [6.45, 7) is 1.58. The first kappa shape index (κ1) is 14.4. The van der Waals surface area contributed by atoms with E-state index in [9.17, 15) is 4.79 Å². The van der Waals surface area contributed by atoms with Gasteiger partial charge >= 0.3 is 0 Å². The molecule has 0 bridgehead atoms. The van der Waals surface area contributed by atoms with E-state index < -0.39 is 0 Å². The number of anilines is 1. The quantitative estimate of drug-likeness (QED) is 0.643. The third-order valence-electron chi connectivity index (χ3n) is 2.61. The lowest BCUT2D eigenvalue weighted by atomic mass is 10.2. The predicted molar refractivity (Wildman–Crippen MR) is 81.5 cm³/mol. The van der Waals surface area contributed by atoms with Gasteiger partial charge in [0.1, 0.15) is 11.4 Å². The highest BCUT2D eigenvalue weighted by molar-refractivity contribution is 5.79. The number of hydrogen-bond acceptors (Lipinski definition) is 6. The Kier molecular flexibility index (Phi) is 4.81. The zero-order chi connectivity index (χ0) is 15.1. The van der Waals surface area contributed by atoms with Crippen molar-refractivity contribution in [2.45, 2.75) is 6.92 Å². The number of nitrogens with zero attached hydrogens (tertiary/aromatic N) is 3. The second-order valence-electron chi connectivity index (χ2n) is 4.08. The molecule has 1 aromatic carbocycles. The largest absolute Gasteiger partial charge is 0.496 e. The number of aryl methyl sites for hydroxylation is 1. The molecule has 2 rings (SSSR count). The van der Waals surface area contributed by atoms with Crippen LogP contribution in [0.25, 0.3) is 6.08 Å². The van der Waals surface area contributed by atoms with Crippen LogP contribution < -0.4 is 15.7 Å². The number of rotatable bonds is 5. The summed E-state index contributed by atoms with van der Waals surface area (Å²) in [5, 5.41) is 11.3. The van der Waals surface area contributed by atoms with Gasteiger partial charge in [-0.1, -0.05) is 18.2 Å². The molecule has 0 saturated carbocycles. The zero-order valence-corrected chi connectivity index (χ0v) is 11.7. The minimum absolute atomic E-state index is 0.188. The summed E-state index contributed by atoms with van der Waals surface area (Å²) in [6, 6.07) is 7.63. The molecule has 0 radical (unpaired) electrons. The fourth-order valence-electron chi connectivity index (χ4n) is 1.54. The number of aromatic nitrogens is 3. The van der Waals surface area contributed by atoms with Crippen LogP contribution in [0.15, 0.2) is 40.2 Å². The number of para-hydroxylation sites is 1. The summed E-state index contributed by atoms with van der Waals surface area (Å²) >= 11 is 0. The van der Waals surface area contributed by atoms with E-state index in [1.165, 1.54) is 6.21 Å². The van der Waals surface area contributed by atoms with E-state index in [0.29, 0.717) is 5.69 Å². The zero-order valence-electron chi connectivity index (χ0n) is 11.7. The Morgan fingerprint density at radius 2 is 2.14 bits per heavy atom. The number of aromatic amines is 1. The Hall–Kier alpha value is -2.96. The molecule has 0 aliphatic rings. The third-order valence-corrected chi connectivity index (χ3v) is 2.61. The van der Waals surface area contributed by atoms with Crippen molar-refractivity contribution in [3.8, 4) is 5.75 Å². The third kappa shape index (κ3) is 4.00. The molecule has 2 aromatic rings. The van der Waals surface area contributed by atoms with E-state index in [2.05, 4.69) is 25.7 Å². The lowest BCUT2D eigenvalue weighted by Gasteiger charge is -2.02. The van der Waals surface area contributed by atoms with Gasteiger partial charge in [0.25, 0.3) is 5.56 Å². The average Bonchev–Trinajstić information content (AvgIpc) is 2.51. The number of allylic oxidation sites excluding steroid dienone is 1. The van der Waals surface area contributed by atoms with E-state index in [0.717, 1.165) is 11.3 Å². The normalized spacial score (nSPS) is 11.1. The second-order valence-corrected chi connectivity index (χ2v) is 4.08. The number of nitrogens with one attached hydrogen (secondary N) is 2. The summed E-state index contributed by atoms with van der Waals surface area (Å²) in [6.07, 6.45) is 5.13. The molecule has 1 heterocycles. The predicted octanol–water partition coefficient (Wildman–Crippen LogP) is 1.59. The fourth-order valence-corrected chi connectivity index (χ4v) is 1.54. The number of ether oxygens (including phenoxy) is 1. The molecular weight excluding hydrogens is 270 g/mol. The second kappa shape index (κ2) is 6.99. The van der Waals surface area contributed by atoms with Crippen LogP contribution in [0.3, 0.4) is 0 Å². The van der Waals surface area contributed by atoms with Crippen molar-refractivity contribution in [2.24, 2.45) is 5.10 Å². The molecule has 7 nitrogen and oxygen atoms in total. The van der Waals surface area contributed by atoms with Gasteiger partial charge in [-0.2, -0.15) is 5.10 Å². The summed E-state index contributed by atoms with van der Waals surface area (Å²) in [5.41, 5.74) is 3.53. The summed E-state index contributed by atoms with van der Waals surface area (Å²) in [7, 11) is 1.62. The highest BCUT2D eigenvalue weighted by Crippen LogP contribution is 2.18. The topological polar surface area (TPSA) is 92.3 Å². The van der Waals surface area contributed by atoms with Crippen LogP contribution in [0.2, 0.25) is 0 Å². The first-order chi connectivity index (χ1) is 10.2. The number of methoxy groups -OCH3 is 1. The van der Waals surface area contributed by atoms with Gasteiger partial charge in [-0.3, -0.25) is 9.78 Å². The van der Waals surface area contributed by atoms with Crippen LogP contribution >= 0.6 is 0 Å². The molecule has 7 heteroatoms. The molecule has 0 aliphatic carbocycles. The molecule has 108 valence electrons. The van der Waals surface area contributed by atoms with Crippen molar-refractivity contribution in [1.82, 2.24) is 15.2 Å². The first-order valence-corrected chi connectivity index (χ1v) is 6.23. The van der Waals surface area contributed by atoms with E-state index in [1.54, 1.807) is 20.1 Å². The number of benzene rings is 1. The molecule has 0 spiro atoms. The van der Waals surface area contributed by atoms with Gasteiger partial charge in [0.05, 0.1) is 7.11 Å². The molecule has 0 atom stereocenters. The highest BCUT2D eigenvalue weighted by Gasteiger charge is 1.97. The summed E-state index contributed by atoms with van der Waals surface area (Å²) in [5.74, 6) is 0.969. The van der Waals surface area contributed by atoms with E-state index >= 15 is 0 Å². The number of hydrazone groups is 1. The van der Waals surface area contributed by atoms with Gasteiger partial charge in [-0.15, -0.1) is 10.2 Å². The van der Waals surface area contributed by atoms with Gasteiger partial charge in [0.2, 0.25) is 5.95 Å². The van der Waals surface area contributed by atoms with Crippen LogP contribution in [-0.2, 0) is 0 Å². The lowest BCUT2D eigenvalue weighted by Crippen LogP contribution is -2.15. The Bertz CT molecular complexity index is 721. The Balaban J connectivity index is 1.97. The minimum Gasteiger partial charge on any atom is -0.496 e.